The van der Waals surface area contributed by atoms with Crippen molar-refractivity contribution in [3.8, 4) is 0 Å². The van der Waals surface area contributed by atoms with E-state index in [0.29, 0.717) is 11.1 Å². The predicted molar refractivity (Wildman–Crippen MR) is 171 cm³/mol. The van der Waals surface area contributed by atoms with Crippen LogP contribution in [0.4, 0.5) is 16.1 Å². The number of carbonyl (C=O) groups excluding carboxylic acids is 2. The topological polar surface area (TPSA) is 50.3 Å². The molecule has 2 aromatic heterocycles. The van der Waals surface area contributed by atoms with Crippen LogP contribution in [0.5, 0.6) is 0 Å². The van der Waals surface area contributed by atoms with E-state index >= 15 is 0 Å². The molecule has 5 aromatic carbocycles. The molecule has 0 amide bonds. The summed E-state index contributed by atoms with van der Waals surface area (Å²) in [6.45, 7) is 0. The van der Waals surface area contributed by atoms with Gasteiger partial charge in [-0.2, -0.15) is 0 Å². The van der Waals surface area contributed by atoms with Gasteiger partial charge < -0.3 is 0 Å². The Morgan fingerprint density at radius 2 is 1.21 bits per heavy atom. The van der Waals surface area contributed by atoms with E-state index in [1.165, 1.54) is 5.39 Å². The number of hydrogen-bond donors (Lipinski definition) is 0. The molecular formula is C37H22N2O2Se. The number of carbonyl (C=O) groups is 2. The van der Waals surface area contributed by atoms with Crippen molar-refractivity contribution in [3.05, 3.63) is 149 Å². The van der Waals surface area contributed by atoms with Crippen molar-refractivity contribution in [2.45, 2.75) is 0 Å². The van der Waals surface area contributed by atoms with Crippen molar-refractivity contribution in [2.75, 3.05) is 4.90 Å². The summed E-state index contributed by atoms with van der Waals surface area (Å²) in [4.78, 5) is 34.6. The monoisotopic (exact) mass is 606 g/mol. The number of rotatable bonds is 4. The van der Waals surface area contributed by atoms with Crippen LogP contribution in [0.3, 0.4) is 0 Å². The van der Waals surface area contributed by atoms with E-state index in [2.05, 4.69) is 46.3 Å². The van der Waals surface area contributed by atoms with E-state index in [1.807, 2.05) is 91.0 Å². The molecule has 4 nitrogen and oxygen atoms in total. The van der Waals surface area contributed by atoms with E-state index in [9.17, 15) is 9.59 Å². The van der Waals surface area contributed by atoms with Crippen molar-refractivity contribution >= 4 is 80.5 Å². The van der Waals surface area contributed by atoms with Gasteiger partial charge in [-0.25, -0.2) is 0 Å². The zero-order valence-corrected chi connectivity index (χ0v) is 24.0. The SMILES string of the molecule is O=C1C(=Cc2ccc(N(c3ccc4ccccc4c3)c3ccccn3)[se]2)C(=O)c2c1c1ccccc1c1ccccc21. The van der Waals surface area contributed by atoms with E-state index < -0.39 is 0 Å². The number of pyridine rings is 1. The number of fused-ring (bicyclic) bond motifs is 7. The number of hydrogen-bond acceptors (Lipinski definition) is 4. The van der Waals surface area contributed by atoms with Crippen molar-refractivity contribution in [1.29, 1.82) is 0 Å². The molecule has 7 aromatic rings. The van der Waals surface area contributed by atoms with Crippen LogP contribution in [-0.2, 0) is 0 Å². The zero-order valence-electron chi connectivity index (χ0n) is 22.3. The van der Waals surface area contributed by atoms with Crippen LogP contribution < -0.4 is 4.90 Å². The number of nitrogens with zero attached hydrogens (tertiary/aromatic N) is 2. The number of benzene rings is 5. The van der Waals surface area contributed by atoms with E-state index in [0.717, 1.165) is 47.4 Å². The fourth-order valence-corrected chi connectivity index (χ4v) is 8.03. The first-order valence-electron chi connectivity index (χ1n) is 13.7. The first-order valence-corrected chi connectivity index (χ1v) is 15.4. The molecule has 2 heterocycles. The molecule has 0 spiro atoms. The second kappa shape index (κ2) is 9.78. The molecule has 0 saturated heterocycles. The van der Waals surface area contributed by atoms with Crippen molar-refractivity contribution in [2.24, 2.45) is 0 Å². The Hall–Kier alpha value is -5.09. The van der Waals surface area contributed by atoms with Crippen LogP contribution in [-0.4, -0.2) is 31.1 Å². The predicted octanol–water partition coefficient (Wildman–Crippen LogP) is 8.53. The molecule has 0 fully saturated rings. The van der Waals surface area contributed by atoms with Gasteiger partial charge in [0.25, 0.3) is 0 Å². The number of Topliss-reactive ketones (excluding diaryl/α,β-unsaturated/α-hetero) is 2. The zero-order chi connectivity index (χ0) is 28.2. The van der Waals surface area contributed by atoms with E-state index in [1.54, 1.807) is 6.20 Å². The Morgan fingerprint density at radius 1 is 0.595 bits per heavy atom. The third-order valence-electron chi connectivity index (χ3n) is 7.87. The molecule has 0 N–H and O–H groups in total. The molecule has 0 bridgehead atoms. The molecule has 8 rings (SSSR count). The Balaban J connectivity index is 1.24. The van der Waals surface area contributed by atoms with Crippen LogP contribution >= 0.6 is 0 Å². The summed E-state index contributed by atoms with van der Waals surface area (Å²) in [5.41, 5.74) is 2.29. The standard InChI is InChI=1S/C37H22N2O2Se/c40-36-31(37(41)35-30-14-6-4-12-28(30)27-11-3-5-13-29(27)34(35)36)22-26-18-19-33(42-26)39(32-15-7-8-20-38-32)25-17-16-23-9-1-2-10-24(23)21-25/h1-22H. The average Bonchev–Trinajstić information content (AvgIpc) is 3.60. The molecule has 198 valence electrons. The summed E-state index contributed by atoms with van der Waals surface area (Å²) >= 11 is -0.157. The number of allylic oxidation sites excluding steroid dienone is 1. The van der Waals surface area contributed by atoms with Gasteiger partial charge in [0.05, 0.1) is 0 Å². The molecule has 1 aliphatic rings. The minimum absolute atomic E-state index is 0.157. The van der Waals surface area contributed by atoms with Crippen molar-refractivity contribution in [3.63, 3.8) is 0 Å². The van der Waals surface area contributed by atoms with E-state index in [-0.39, 0.29) is 31.6 Å². The number of ketones is 2. The van der Waals surface area contributed by atoms with Gasteiger partial charge >= 0.3 is 249 Å². The Labute approximate surface area is 247 Å². The average molecular weight is 606 g/mol. The fourth-order valence-electron chi connectivity index (χ4n) is 5.97. The Morgan fingerprint density at radius 3 is 1.88 bits per heavy atom. The van der Waals surface area contributed by atoms with Crippen molar-refractivity contribution in [1.82, 2.24) is 4.98 Å². The Bertz CT molecular complexity index is 2170. The van der Waals surface area contributed by atoms with Crippen LogP contribution in [0.2, 0.25) is 0 Å². The number of anilines is 3. The normalized spacial score (nSPS) is 12.8. The van der Waals surface area contributed by atoms with Crippen molar-refractivity contribution < 1.29 is 9.59 Å². The van der Waals surface area contributed by atoms with E-state index in [4.69, 9.17) is 0 Å². The summed E-state index contributed by atoms with van der Waals surface area (Å²) in [6, 6.07) is 40.5. The number of aromatic nitrogens is 1. The third-order valence-corrected chi connectivity index (χ3v) is 10.0. The molecule has 0 unspecified atom stereocenters. The van der Waals surface area contributed by atoms with Crippen LogP contribution in [0.15, 0.2) is 133 Å². The molecule has 42 heavy (non-hydrogen) atoms. The summed E-state index contributed by atoms with van der Waals surface area (Å²) < 4.78 is 2.05. The molecular weight excluding hydrogens is 583 g/mol. The quantitative estimate of drug-likeness (QED) is 0.0874. The summed E-state index contributed by atoms with van der Waals surface area (Å²) in [5, 5.41) is 5.96. The molecule has 5 heteroatoms. The fraction of sp³-hybridized carbons (Fsp3) is 0. The summed E-state index contributed by atoms with van der Waals surface area (Å²) in [5.74, 6) is 0.429. The van der Waals surface area contributed by atoms with Crippen LogP contribution in [0.25, 0.3) is 38.4 Å². The minimum atomic E-state index is -0.196. The van der Waals surface area contributed by atoms with Gasteiger partial charge in [0.2, 0.25) is 0 Å². The van der Waals surface area contributed by atoms with Gasteiger partial charge in [0, 0.05) is 0 Å². The Kier molecular flexibility index (Phi) is 5.75. The molecule has 0 aliphatic heterocycles. The summed E-state index contributed by atoms with van der Waals surface area (Å²) in [7, 11) is 0. The molecule has 0 saturated carbocycles. The third kappa shape index (κ3) is 3.87. The second-order valence-corrected chi connectivity index (χ2v) is 12.6. The van der Waals surface area contributed by atoms with Crippen LogP contribution in [0, 0.1) is 0 Å². The van der Waals surface area contributed by atoms with Gasteiger partial charge in [-0.1, -0.05) is 0 Å². The molecule has 1 aliphatic carbocycles. The molecule has 0 radical (unpaired) electrons. The second-order valence-electron chi connectivity index (χ2n) is 10.3. The molecule has 0 atom stereocenters. The van der Waals surface area contributed by atoms with Gasteiger partial charge in [-0.3, -0.25) is 0 Å². The first-order chi connectivity index (χ1) is 20.7. The van der Waals surface area contributed by atoms with Gasteiger partial charge in [0.1, 0.15) is 0 Å². The van der Waals surface area contributed by atoms with Gasteiger partial charge in [-0.05, 0) is 0 Å². The van der Waals surface area contributed by atoms with Gasteiger partial charge in [0.15, 0.2) is 0 Å². The van der Waals surface area contributed by atoms with Gasteiger partial charge in [-0.15, -0.1) is 0 Å². The maximum absolute atomic E-state index is 13.9. The first kappa shape index (κ1) is 24.7. The summed E-state index contributed by atoms with van der Waals surface area (Å²) in [6.07, 6.45) is 3.61. The van der Waals surface area contributed by atoms with Crippen LogP contribution in [0.1, 0.15) is 25.2 Å². The maximum atomic E-state index is 13.9.